The molecule has 0 bridgehead atoms. The highest BCUT2D eigenvalue weighted by atomic mass is 17.2. The van der Waals surface area contributed by atoms with E-state index in [1.54, 1.807) is 6.92 Å². The third kappa shape index (κ3) is 2.67. The Morgan fingerprint density at radius 3 is 2.38 bits per heavy atom. The van der Waals surface area contributed by atoms with Gasteiger partial charge < -0.3 is 4.74 Å². The van der Waals surface area contributed by atoms with Crippen molar-refractivity contribution in [1.29, 1.82) is 0 Å². The lowest BCUT2D eigenvalue weighted by Crippen LogP contribution is -2.24. The Labute approximate surface area is 78.1 Å². The first kappa shape index (κ1) is 10.5. The Hall–Kier alpha value is -0.610. The molecule has 1 fully saturated rings. The van der Waals surface area contributed by atoms with E-state index in [2.05, 4.69) is 0 Å². The van der Waals surface area contributed by atoms with Gasteiger partial charge in [0.05, 0.1) is 25.2 Å². The fourth-order valence-corrected chi connectivity index (χ4v) is 1.08. The first-order valence-electron chi connectivity index (χ1n) is 4.67. The van der Waals surface area contributed by atoms with Crippen molar-refractivity contribution in [2.45, 2.75) is 26.7 Å². The zero-order valence-corrected chi connectivity index (χ0v) is 8.17. The molecule has 0 atom stereocenters. The molecule has 76 valence electrons. The van der Waals surface area contributed by atoms with Gasteiger partial charge in [-0.2, -0.15) is 0 Å². The van der Waals surface area contributed by atoms with Crippen LogP contribution in [0.1, 0.15) is 26.7 Å². The molecule has 0 heterocycles. The third-order valence-electron chi connectivity index (χ3n) is 2.10. The number of hydrogen-bond acceptors (Lipinski definition) is 4. The Morgan fingerprint density at radius 1 is 1.23 bits per heavy atom. The van der Waals surface area contributed by atoms with E-state index >= 15 is 0 Å². The van der Waals surface area contributed by atoms with Crippen molar-refractivity contribution in [3.63, 3.8) is 0 Å². The van der Waals surface area contributed by atoms with Crippen molar-refractivity contribution in [2.24, 2.45) is 5.41 Å². The number of carbonyl (C=O) groups excluding carboxylic acids is 1. The van der Waals surface area contributed by atoms with Gasteiger partial charge >= 0.3 is 5.97 Å². The van der Waals surface area contributed by atoms with Crippen molar-refractivity contribution in [2.75, 3.05) is 19.8 Å². The highest BCUT2D eigenvalue weighted by molar-refractivity contribution is 5.79. The normalized spacial score (nSPS) is 18.3. The van der Waals surface area contributed by atoms with Crippen LogP contribution in [0, 0.1) is 5.41 Å². The molecule has 4 nitrogen and oxygen atoms in total. The van der Waals surface area contributed by atoms with Crippen LogP contribution in [-0.2, 0) is 19.3 Å². The molecular formula is C9H16O4. The predicted octanol–water partition coefficient (Wildman–Crippen LogP) is 1.30. The van der Waals surface area contributed by atoms with Gasteiger partial charge in [0.25, 0.3) is 0 Å². The molecular weight excluding hydrogens is 172 g/mol. The summed E-state index contributed by atoms with van der Waals surface area (Å²) in [6, 6.07) is 0. The topological polar surface area (TPSA) is 44.8 Å². The van der Waals surface area contributed by atoms with E-state index in [1.165, 1.54) is 0 Å². The van der Waals surface area contributed by atoms with E-state index in [0.717, 1.165) is 12.8 Å². The first-order chi connectivity index (χ1) is 6.25. The van der Waals surface area contributed by atoms with Crippen molar-refractivity contribution in [1.82, 2.24) is 0 Å². The molecule has 1 rings (SSSR count). The second-order valence-corrected chi connectivity index (χ2v) is 3.17. The SMILES string of the molecule is CCOOCC1(C(=O)OCC)CC1. The van der Waals surface area contributed by atoms with E-state index in [4.69, 9.17) is 14.5 Å². The Bertz CT molecular complexity index is 174. The maximum atomic E-state index is 11.4. The summed E-state index contributed by atoms with van der Waals surface area (Å²) < 4.78 is 4.93. The Balaban J connectivity index is 2.25. The van der Waals surface area contributed by atoms with Crippen molar-refractivity contribution >= 4 is 5.97 Å². The molecule has 1 aliphatic carbocycles. The van der Waals surface area contributed by atoms with E-state index in [1.807, 2.05) is 6.92 Å². The standard InChI is InChI=1S/C9H16O4/c1-3-11-8(10)9(5-6-9)7-13-12-4-2/h3-7H2,1-2H3. The fraction of sp³-hybridized carbons (Fsp3) is 0.889. The first-order valence-corrected chi connectivity index (χ1v) is 4.67. The molecule has 1 saturated carbocycles. The minimum Gasteiger partial charge on any atom is -0.465 e. The average molecular weight is 188 g/mol. The Morgan fingerprint density at radius 2 is 1.92 bits per heavy atom. The van der Waals surface area contributed by atoms with Crippen LogP contribution in [0.2, 0.25) is 0 Å². The highest BCUT2D eigenvalue weighted by Crippen LogP contribution is 2.46. The molecule has 0 aliphatic heterocycles. The quantitative estimate of drug-likeness (QED) is 0.273. The van der Waals surface area contributed by atoms with Gasteiger partial charge in [-0.1, -0.05) is 0 Å². The van der Waals surface area contributed by atoms with Crippen LogP contribution in [0.5, 0.6) is 0 Å². The lowest BCUT2D eigenvalue weighted by molar-refractivity contribution is -0.299. The molecule has 0 saturated heterocycles. The number of carbonyl (C=O) groups is 1. The van der Waals surface area contributed by atoms with Crippen LogP contribution >= 0.6 is 0 Å². The summed E-state index contributed by atoms with van der Waals surface area (Å²) in [4.78, 5) is 21.0. The number of rotatable bonds is 6. The number of esters is 1. The van der Waals surface area contributed by atoms with Gasteiger partial charge in [0.1, 0.15) is 0 Å². The molecule has 0 aromatic carbocycles. The summed E-state index contributed by atoms with van der Waals surface area (Å²) >= 11 is 0. The van der Waals surface area contributed by atoms with E-state index in [9.17, 15) is 4.79 Å². The largest absolute Gasteiger partial charge is 0.465 e. The average Bonchev–Trinajstić information content (AvgIpc) is 2.87. The van der Waals surface area contributed by atoms with Crippen LogP contribution in [0.15, 0.2) is 0 Å². The molecule has 13 heavy (non-hydrogen) atoms. The second kappa shape index (κ2) is 4.58. The van der Waals surface area contributed by atoms with Crippen molar-refractivity contribution in [3.8, 4) is 0 Å². The molecule has 0 unspecified atom stereocenters. The molecule has 0 radical (unpaired) electrons. The molecule has 1 aliphatic rings. The van der Waals surface area contributed by atoms with Gasteiger partial charge in [-0.05, 0) is 26.7 Å². The van der Waals surface area contributed by atoms with Crippen LogP contribution in [0.25, 0.3) is 0 Å². The summed E-state index contributed by atoms with van der Waals surface area (Å²) in [5.41, 5.74) is -0.398. The minimum absolute atomic E-state index is 0.158. The monoisotopic (exact) mass is 188 g/mol. The predicted molar refractivity (Wildman–Crippen MR) is 45.9 cm³/mol. The van der Waals surface area contributed by atoms with Gasteiger partial charge in [0, 0.05) is 0 Å². The maximum absolute atomic E-state index is 11.4. The molecule has 0 amide bonds. The molecule has 0 aromatic rings. The van der Waals surface area contributed by atoms with E-state index < -0.39 is 5.41 Å². The molecule has 0 N–H and O–H groups in total. The van der Waals surface area contributed by atoms with E-state index in [-0.39, 0.29) is 5.97 Å². The van der Waals surface area contributed by atoms with Gasteiger partial charge in [0.2, 0.25) is 0 Å². The third-order valence-corrected chi connectivity index (χ3v) is 2.10. The van der Waals surface area contributed by atoms with Crippen molar-refractivity contribution < 1.29 is 19.3 Å². The summed E-state index contributed by atoms with van der Waals surface area (Å²) in [6.45, 7) is 4.88. The van der Waals surface area contributed by atoms with E-state index in [0.29, 0.717) is 19.8 Å². The molecule has 0 spiro atoms. The Kier molecular flexibility index (Phi) is 3.69. The molecule has 4 heteroatoms. The van der Waals surface area contributed by atoms with Crippen LogP contribution < -0.4 is 0 Å². The minimum atomic E-state index is -0.398. The van der Waals surface area contributed by atoms with Crippen LogP contribution in [0.3, 0.4) is 0 Å². The summed E-state index contributed by atoms with van der Waals surface area (Å²) in [5.74, 6) is -0.158. The number of ether oxygens (including phenoxy) is 1. The number of hydrogen-bond donors (Lipinski definition) is 0. The van der Waals surface area contributed by atoms with Crippen LogP contribution in [0.4, 0.5) is 0 Å². The van der Waals surface area contributed by atoms with Crippen LogP contribution in [-0.4, -0.2) is 25.8 Å². The highest BCUT2D eigenvalue weighted by Gasteiger charge is 2.52. The maximum Gasteiger partial charge on any atom is 0.314 e. The fourth-order valence-electron chi connectivity index (χ4n) is 1.08. The second-order valence-electron chi connectivity index (χ2n) is 3.17. The van der Waals surface area contributed by atoms with Gasteiger partial charge in [-0.25, -0.2) is 9.78 Å². The lowest BCUT2D eigenvalue weighted by Gasteiger charge is -2.12. The lowest BCUT2D eigenvalue weighted by atomic mass is 10.1. The summed E-state index contributed by atoms with van der Waals surface area (Å²) in [5, 5.41) is 0. The zero-order valence-electron chi connectivity index (χ0n) is 8.17. The molecule has 0 aromatic heterocycles. The summed E-state index contributed by atoms with van der Waals surface area (Å²) in [7, 11) is 0. The van der Waals surface area contributed by atoms with Gasteiger partial charge in [-0.15, -0.1) is 0 Å². The van der Waals surface area contributed by atoms with Gasteiger partial charge in [0.15, 0.2) is 0 Å². The van der Waals surface area contributed by atoms with Gasteiger partial charge in [-0.3, -0.25) is 4.79 Å². The smallest absolute Gasteiger partial charge is 0.314 e. The van der Waals surface area contributed by atoms with Crippen molar-refractivity contribution in [3.05, 3.63) is 0 Å². The zero-order chi connectivity index (χ0) is 9.73. The summed E-state index contributed by atoms with van der Waals surface area (Å²) in [6.07, 6.45) is 1.69.